The van der Waals surface area contributed by atoms with Gasteiger partial charge in [-0.2, -0.15) is 0 Å². The molecule has 3 nitrogen and oxygen atoms in total. The summed E-state index contributed by atoms with van der Waals surface area (Å²) in [7, 11) is 0. The molecule has 0 aliphatic rings. The van der Waals surface area contributed by atoms with Gasteiger partial charge in [-0.05, 0) is 46.4 Å². The Hall–Kier alpha value is -0.380. The third-order valence-corrected chi connectivity index (χ3v) is 3.66. The predicted molar refractivity (Wildman–Crippen MR) is 80.1 cm³/mol. The smallest absolute Gasteiger partial charge is 0.116 e. The van der Waals surface area contributed by atoms with Crippen LogP contribution in [0.3, 0.4) is 0 Å². The summed E-state index contributed by atoms with van der Waals surface area (Å²) < 4.78 is -0.241. The molecule has 0 aromatic rings. The first-order chi connectivity index (χ1) is 8.53. The lowest BCUT2D eigenvalue weighted by molar-refractivity contribution is -0.839. The summed E-state index contributed by atoms with van der Waals surface area (Å²) in [5.74, 6) is 0. The van der Waals surface area contributed by atoms with Crippen LogP contribution in [-0.2, 0) is 0 Å². The molecule has 18 heavy (non-hydrogen) atoms. The van der Waals surface area contributed by atoms with Gasteiger partial charge in [0.15, 0.2) is 0 Å². The minimum absolute atomic E-state index is 0.241. The summed E-state index contributed by atoms with van der Waals surface area (Å²) in [5, 5.41) is 12.4. The zero-order chi connectivity index (χ0) is 14.0. The zero-order valence-electron chi connectivity index (χ0n) is 12.9. The molecule has 0 aromatic carbocycles. The molecule has 108 valence electrons. The molecule has 0 saturated carbocycles. The zero-order valence-corrected chi connectivity index (χ0v) is 12.9. The Kier molecular flexibility index (Phi) is 9.34. The maximum Gasteiger partial charge on any atom is 0.116 e. The molecule has 0 heterocycles. The summed E-state index contributed by atoms with van der Waals surface area (Å²) in [5.41, 5.74) is 0.812. The lowest BCUT2D eigenvalue weighted by atomic mass is 10.2. The number of rotatable bonds is 11. The quantitative estimate of drug-likeness (QED) is 0.415. The average Bonchev–Trinajstić information content (AvgIpc) is 2.40. The van der Waals surface area contributed by atoms with Crippen molar-refractivity contribution in [1.82, 2.24) is 4.90 Å². The topological polar surface area (TPSA) is 26.3 Å². The van der Waals surface area contributed by atoms with Crippen molar-refractivity contribution in [2.45, 2.75) is 53.4 Å². The number of hydrogen-bond acceptors (Lipinski definition) is 2. The Bertz CT molecular complexity index is 217. The highest BCUT2D eigenvalue weighted by molar-refractivity contribution is 4.88. The van der Waals surface area contributed by atoms with E-state index in [2.05, 4.69) is 25.3 Å². The van der Waals surface area contributed by atoms with Crippen molar-refractivity contribution >= 4 is 0 Å². The highest BCUT2D eigenvalue weighted by Gasteiger charge is 2.19. The molecule has 0 saturated heterocycles. The van der Waals surface area contributed by atoms with Crippen LogP contribution in [0.5, 0.6) is 0 Å². The minimum Gasteiger partial charge on any atom is -0.628 e. The highest BCUT2D eigenvalue weighted by Crippen LogP contribution is 2.15. The molecule has 0 aliphatic carbocycles. The van der Waals surface area contributed by atoms with Crippen molar-refractivity contribution in [3.63, 3.8) is 0 Å². The van der Waals surface area contributed by atoms with Gasteiger partial charge < -0.3 is 9.85 Å². The number of hydrogen-bond donors (Lipinski definition) is 0. The van der Waals surface area contributed by atoms with Crippen molar-refractivity contribution in [3.05, 3.63) is 17.5 Å². The second-order valence-corrected chi connectivity index (χ2v) is 5.07. The van der Waals surface area contributed by atoms with Crippen LogP contribution in [0.2, 0.25) is 0 Å². The van der Waals surface area contributed by atoms with E-state index in [0.29, 0.717) is 13.1 Å². The minimum atomic E-state index is -0.241. The van der Waals surface area contributed by atoms with Gasteiger partial charge in [-0.25, -0.2) is 0 Å². The van der Waals surface area contributed by atoms with E-state index in [1.807, 2.05) is 13.8 Å². The van der Waals surface area contributed by atoms with Crippen LogP contribution in [0, 0.1) is 5.21 Å². The van der Waals surface area contributed by atoms with Crippen LogP contribution >= 0.6 is 0 Å². The molecule has 0 bridgehead atoms. The van der Waals surface area contributed by atoms with E-state index >= 15 is 0 Å². The van der Waals surface area contributed by atoms with Crippen LogP contribution in [0.25, 0.3) is 0 Å². The Morgan fingerprint density at radius 2 is 1.44 bits per heavy atom. The predicted octanol–water partition coefficient (Wildman–Crippen LogP) is 3.76. The molecular formula is C15H32N2O. The summed E-state index contributed by atoms with van der Waals surface area (Å²) in [4.78, 5) is 2.39. The van der Waals surface area contributed by atoms with Gasteiger partial charge >= 0.3 is 0 Å². The van der Waals surface area contributed by atoms with Crippen LogP contribution in [0.1, 0.15) is 53.4 Å². The normalized spacial score (nSPS) is 12.1. The average molecular weight is 256 g/mol. The molecule has 0 fully saturated rings. The van der Waals surface area contributed by atoms with Crippen LogP contribution in [-0.4, -0.2) is 42.3 Å². The molecule has 0 unspecified atom stereocenters. The van der Waals surface area contributed by atoms with E-state index < -0.39 is 0 Å². The molecule has 0 atom stereocenters. The Morgan fingerprint density at radius 1 is 1.00 bits per heavy atom. The maximum absolute atomic E-state index is 12.4. The molecule has 0 spiro atoms. The molecular weight excluding hydrogens is 224 g/mol. The first kappa shape index (κ1) is 17.6. The monoisotopic (exact) mass is 256 g/mol. The second-order valence-electron chi connectivity index (χ2n) is 5.07. The van der Waals surface area contributed by atoms with Crippen LogP contribution < -0.4 is 0 Å². The number of quaternary nitrogens is 1. The van der Waals surface area contributed by atoms with Crippen molar-refractivity contribution in [2.75, 3.05) is 32.7 Å². The fraction of sp³-hybridized carbons (Fsp3) is 0.867. The number of hydroxylamine groups is 3. The van der Waals surface area contributed by atoms with Gasteiger partial charge in [0.25, 0.3) is 0 Å². The fourth-order valence-corrected chi connectivity index (χ4v) is 2.09. The van der Waals surface area contributed by atoms with Gasteiger partial charge in [0, 0.05) is 0 Å². The van der Waals surface area contributed by atoms with Gasteiger partial charge in [0.05, 0.1) is 19.6 Å². The Morgan fingerprint density at radius 3 is 1.78 bits per heavy atom. The molecule has 0 radical (unpaired) electrons. The summed E-state index contributed by atoms with van der Waals surface area (Å²) in [6.45, 7) is 16.5. The first-order valence-electron chi connectivity index (χ1n) is 7.52. The summed E-state index contributed by atoms with van der Waals surface area (Å²) in [6, 6.07) is 0. The van der Waals surface area contributed by atoms with E-state index in [4.69, 9.17) is 0 Å². The lowest BCUT2D eigenvalue weighted by Gasteiger charge is -2.43. The van der Waals surface area contributed by atoms with Crippen LogP contribution in [0.15, 0.2) is 12.3 Å². The number of likely N-dealkylation sites (N-methyl/N-ethyl adjacent to an activating group) is 1. The van der Waals surface area contributed by atoms with Crippen molar-refractivity contribution in [3.8, 4) is 0 Å². The summed E-state index contributed by atoms with van der Waals surface area (Å²) >= 11 is 0. The molecule has 3 heteroatoms. The van der Waals surface area contributed by atoms with Crippen LogP contribution in [0.4, 0.5) is 0 Å². The van der Waals surface area contributed by atoms with E-state index in [0.717, 1.165) is 25.3 Å². The first-order valence-corrected chi connectivity index (χ1v) is 7.52. The Labute approximate surface area is 114 Å². The molecule has 0 rings (SSSR count). The van der Waals surface area contributed by atoms with E-state index in [9.17, 15) is 5.21 Å². The van der Waals surface area contributed by atoms with Gasteiger partial charge in [0.2, 0.25) is 0 Å². The lowest BCUT2D eigenvalue weighted by Crippen LogP contribution is -2.44. The molecule has 0 aliphatic heterocycles. The highest BCUT2D eigenvalue weighted by atomic mass is 16.5. The molecule has 0 N–H and O–H groups in total. The second kappa shape index (κ2) is 9.54. The maximum atomic E-state index is 12.4. The van der Waals surface area contributed by atoms with Gasteiger partial charge in [-0.15, -0.1) is 0 Å². The van der Waals surface area contributed by atoms with E-state index in [1.54, 1.807) is 0 Å². The van der Waals surface area contributed by atoms with E-state index in [1.165, 1.54) is 25.7 Å². The van der Waals surface area contributed by atoms with Crippen molar-refractivity contribution in [2.24, 2.45) is 0 Å². The SMILES string of the molecule is C=C(CN(CCCC)CCCC)[N+]([O-])(CC)CC. The summed E-state index contributed by atoms with van der Waals surface area (Å²) in [6.07, 6.45) is 4.81. The van der Waals surface area contributed by atoms with E-state index in [-0.39, 0.29) is 4.65 Å². The number of unbranched alkanes of at least 4 members (excludes halogenated alkanes) is 2. The van der Waals surface area contributed by atoms with Crippen molar-refractivity contribution < 1.29 is 4.65 Å². The molecule has 0 aromatic heterocycles. The van der Waals surface area contributed by atoms with Crippen molar-refractivity contribution in [1.29, 1.82) is 0 Å². The van der Waals surface area contributed by atoms with Gasteiger partial charge in [-0.3, -0.25) is 4.90 Å². The third-order valence-electron chi connectivity index (χ3n) is 3.66. The van der Waals surface area contributed by atoms with Gasteiger partial charge in [-0.1, -0.05) is 26.7 Å². The molecule has 0 amide bonds. The Balaban J connectivity index is 4.40. The standard InChI is InChI=1S/C15H32N2O/c1-6-10-12-16(13-11-7-2)14-15(5)17(18,8-3)9-4/h5-14H2,1-4H3. The van der Waals surface area contributed by atoms with Gasteiger partial charge in [0.1, 0.15) is 5.70 Å². The largest absolute Gasteiger partial charge is 0.628 e. The fourth-order valence-electron chi connectivity index (χ4n) is 2.09. The third kappa shape index (κ3) is 5.98. The number of nitrogens with zero attached hydrogens (tertiary/aromatic N) is 2.